The molecule has 1 aliphatic rings. The maximum atomic E-state index is 12.8. The average molecular weight is 290 g/mol. The van der Waals surface area contributed by atoms with Crippen LogP contribution >= 0.6 is 0 Å². The van der Waals surface area contributed by atoms with E-state index in [4.69, 9.17) is 0 Å². The minimum absolute atomic E-state index is 0.0200. The molecule has 1 heterocycles. The Morgan fingerprint density at radius 1 is 1.05 bits per heavy atom. The second-order valence-corrected chi connectivity index (χ2v) is 5.12. The van der Waals surface area contributed by atoms with Crippen LogP contribution in [-0.2, 0) is 0 Å². The predicted molar refractivity (Wildman–Crippen MR) is 82.1 cm³/mol. The van der Waals surface area contributed by atoms with E-state index in [0.29, 0.717) is 27.4 Å². The Labute approximate surface area is 123 Å². The molecule has 0 bridgehead atoms. The molecule has 2 aromatic carbocycles. The van der Waals surface area contributed by atoms with Gasteiger partial charge in [-0.2, -0.15) is 0 Å². The number of aromatic amines is 1. The number of hydrogen-bond acceptors (Lipinski definition) is 4. The molecule has 22 heavy (non-hydrogen) atoms. The van der Waals surface area contributed by atoms with Crippen LogP contribution in [0.2, 0.25) is 0 Å². The summed E-state index contributed by atoms with van der Waals surface area (Å²) in [5.41, 5.74) is 1.48. The van der Waals surface area contributed by atoms with E-state index in [1.165, 1.54) is 0 Å². The summed E-state index contributed by atoms with van der Waals surface area (Å²) in [6.45, 7) is 3.56. The number of rotatable bonds is 0. The summed E-state index contributed by atoms with van der Waals surface area (Å²) in [6, 6.07) is 10.1. The number of carbonyl (C=O) groups excluding carboxylic acids is 1. The fraction of sp³-hybridized carbons (Fsp3) is 0. The molecule has 0 atom stereocenters. The number of fused-ring (bicyclic) bond motifs is 4. The second kappa shape index (κ2) is 4.14. The highest BCUT2D eigenvalue weighted by Crippen LogP contribution is 2.24. The monoisotopic (exact) mass is 290 g/mol. The summed E-state index contributed by atoms with van der Waals surface area (Å²) < 4.78 is 0. The van der Waals surface area contributed by atoms with E-state index in [2.05, 4.69) is 16.5 Å². The summed E-state index contributed by atoms with van der Waals surface area (Å²) in [5, 5.41) is 10.9. The van der Waals surface area contributed by atoms with Crippen LogP contribution in [0.4, 0.5) is 0 Å². The Kier molecular flexibility index (Phi) is 2.36. The molecular formula is C17H10N2O3. The van der Waals surface area contributed by atoms with E-state index >= 15 is 0 Å². The van der Waals surface area contributed by atoms with Gasteiger partial charge in [0.25, 0.3) is 5.56 Å². The highest BCUT2D eigenvalue weighted by Gasteiger charge is 2.25. The lowest BCUT2D eigenvalue weighted by molar-refractivity contribution is 0.103. The first kappa shape index (κ1) is 12.5. The van der Waals surface area contributed by atoms with E-state index in [1.54, 1.807) is 36.4 Å². The zero-order valence-corrected chi connectivity index (χ0v) is 11.4. The number of nitrogens with one attached hydrogen (secondary N) is 1. The largest absolute Gasteiger partial charge is 0.507 e. The predicted octanol–water partition coefficient (Wildman–Crippen LogP) is 0.592. The van der Waals surface area contributed by atoms with Gasteiger partial charge in [-0.1, -0.05) is 30.8 Å². The van der Waals surface area contributed by atoms with Gasteiger partial charge in [-0.05, 0) is 12.1 Å². The summed E-state index contributed by atoms with van der Waals surface area (Å²) in [7, 11) is 0. The normalized spacial score (nSPS) is 13.1. The van der Waals surface area contributed by atoms with Crippen molar-refractivity contribution in [2.24, 2.45) is 0 Å². The first-order valence-electron chi connectivity index (χ1n) is 6.67. The zero-order valence-electron chi connectivity index (χ0n) is 11.4. The summed E-state index contributed by atoms with van der Waals surface area (Å²) >= 11 is 0. The topological polar surface area (TPSA) is 83.0 Å². The molecule has 106 valence electrons. The van der Waals surface area contributed by atoms with Gasteiger partial charge in [-0.15, -0.1) is 0 Å². The third kappa shape index (κ3) is 1.50. The van der Waals surface area contributed by atoms with Crippen molar-refractivity contribution in [3.63, 3.8) is 0 Å². The first-order chi connectivity index (χ1) is 10.6. The maximum absolute atomic E-state index is 12.8. The molecular weight excluding hydrogens is 280 g/mol. The van der Waals surface area contributed by atoms with Crippen LogP contribution in [0.1, 0.15) is 21.5 Å². The molecule has 0 fully saturated rings. The van der Waals surface area contributed by atoms with E-state index in [1.807, 2.05) is 0 Å². The van der Waals surface area contributed by atoms with Gasteiger partial charge >= 0.3 is 0 Å². The van der Waals surface area contributed by atoms with Crippen LogP contribution in [0, 0.1) is 0 Å². The minimum Gasteiger partial charge on any atom is -0.507 e. The van der Waals surface area contributed by atoms with Gasteiger partial charge < -0.3 is 10.1 Å². The van der Waals surface area contributed by atoms with Crippen molar-refractivity contribution < 1.29 is 9.90 Å². The van der Waals surface area contributed by atoms with Gasteiger partial charge in [-0.25, -0.2) is 4.98 Å². The van der Waals surface area contributed by atoms with E-state index in [0.717, 1.165) is 0 Å². The van der Waals surface area contributed by atoms with Gasteiger partial charge in [0.2, 0.25) is 0 Å². The Balaban J connectivity index is 2.27. The van der Waals surface area contributed by atoms with Crippen molar-refractivity contribution >= 4 is 29.2 Å². The molecule has 3 aromatic rings. The lowest BCUT2D eigenvalue weighted by Crippen LogP contribution is -2.32. The molecule has 0 saturated carbocycles. The number of aliphatic hydroxyl groups is 1. The zero-order chi connectivity index (χ0) is 15.4. The van der Waals surface area contributed by atoms with Gasteiger partial charge in [0.05, 0.1) is 16.6 Å². The highest BCUT2D eigenvalue weighted by atomic mass is 16.3. The molecule has 5 heteroatoms. The Bertz CT molecular complexity index is 1140. The van der Waals surface area contributed by atoms with Gasteiger partial charge in [-0.3, -0.25) is 9.59 Å². The van der Waals surface area contributed by atoms with Crippen LogP contribution in [0.15, 0.2) is 41.2 Å². The van der Waals surface area contributed by atoms with Crippen molar-refractivity contribution in [1.29, 1.82) is 0 Å². The SMILES string of the molecule is C=c1nc2ccc3c(c2[nH]c1=O)C(=O)c1ccccc1C=3O. The number of ketones is 1. The maximum Gasteiger partial charge on any atom is 0.273 e. The number of aliphatic hydroxyl groups excluding tert-OH is 1. The molecule has 0 spiro atoms. The number of carbonyl (C=O) groups is 1. The average Bonchev–Trinajstić information content (AvgIpc) is 2.53. The number of nitrogens with zero attached hydrogens (tertiary/aromatic N) is 1. The number of aromatic nitrogens is 2. The molecule has 0 amide bonds. The van der Waals surface area contributed by atoms with Gasteiger partial charge in [0.1, 0.15) is 11.1 Å². The molecule has 1 aliphatic carbocycles. The molecule has 0 aliphatic heterocycles. The number of benzene rings is 2. The van der Waals surface area contributed by atoms with E-state index < -0.39 is 5.56 Å². The van der Waals surface area contributed by atoms with Crippen molar-refractivity contribution in [3.05, 3.63) is 74.0 Å². The smallest absolute Gasteiger partial charge is 0.273 e. The van der Waals surface area contributed by atoms with Crippen molar-refractivity contribution in [1.82, 2.24) is 9.97 Å². The summed E-state index contributed by atoms with van der Waals surface area (Å²) in [5.74, 6) is -0.227. The lowest BCUT2D eigenvalue weighted by Gasteiger charge is -2.16. The molecule has 0 radical (unpaired) electrons. The summed E-state index contributed by atoms with van der Waals surface area (Å²) in [6.07, 6.45) is 0. The van der Waals surface area contributed by atoms with Crippen LogP contribution < -0.4 is 16.1 Å². The van der Waals surface area contributed by atoms with Crippen molar-refractivity contribution in [2.45, 2.75) is 0 Å². The fourth-order valence-corrected chi connectivity index (χ4v) is 2.79. The molecule has 4 rings (SSSR count). The number of H-pyrrole nitrogens is 1. The third-order valence-electron chi connectivity index (χ3n) is 3.85. The standard InChI is InChI=1S/C17H10N2O3/c1-8-17(22)19-14-12(18-8)7-6-11-13(14)16(21)10-5-3-2-4-9(10)15(11)20/h2-7,20H,1H2,(H,19,22). The van der Waals surface area contributed by atoms with Crippen molar-refractivity contribution in [3.8, 4) is 0 Å². The Morgan fingerprint density at radius 2 is 1.77 bits per heavy atom. The second-order valence-electron chi connectivity index (χ2n) is 5.12. The highest BCUT2D eigenvalue weighted by molar-refractivity contribution is 6.19. The van der Waals surface area contributed by atoms with E-state index in [9.17, 15) is 14.7 Å². The van der Waals surface area contributed by atoms with E-state index in [-0.39, 0.29) is 22.5 Å². The molecule has 2 N–H and O–H groups in total. The molecule has 1 aromatic heterocycles. The fourth-order valence-electron chi connectivity index (χ4n) is 2.79. The quantitative estimate of drug-likeness (QED) is 0.635. The molecule has 0 unspecified atom stereocenters. The third-order valence-corrected chi connectivity index (χ3v) is 3.85. The lowest BCUT2D eigenvalue weighted by atomic mass is 9.89. The van der Waals surface area contributed by atoms with Crippen LogP contribution in [0.25, 0.3) is 23.4 Å². The molecule has 0 saturated heterocycles. The van der Waals surface area contributed by atoms with Crippen molar-refractivity contribution in [2.75, 3.05) is 0 Å². The minimum atomic E-state index is -0.452. The summed E-state index contributed by atoms with van der Waals surface area (Å²) in [4.78, 5) is 31.3. The van der Waals surface area contributed by atoms with Crippen LogP contribution in [-0.4, -0.2) is 20.9 Å². The first-order valence-corrected chi connectivity index (χ1v) is 6.67. The van der Waals surface area contributed by atoms with Crippen LogP contribution in [0.3, 0.4) is 0 Å². The Hall–Kier alpha value is -3.21. The van der Waals surface area contributed by atoms with Gasteiger partial charge in [0, 0.05) is 16.3 Å². The molecule has 5 nitrogen and oxygen atoms in total. The Morgan fingerprint density at radius 3 is 2.55 bits per heavy atom. The number of hydrogen-bond donors (Lipinski definition) is 2. The van der Waals surface area contributed by atoms with Gasteiger partial charge in [0.15, 0.2) is 5.78 Å². The van der Waals surface area contributed by atoms with Crippen LogP contribution in [0.5, 0.6) is 0 Å².